The summed E-state index contributed by atoms with van der Waals surface area (Å²) in [5.74, 6) is -0.411. The minimum absolute atomic E-state index is 0.106. The van der Waals surface area contributed by atoms with Gasteiger partial charge >= 0.3 is 11.9 Å². The van der Waals surface area contributed by atoms with E-state index in [4.69, 9.17) is 42.1 Å². The zero-order chi connectivity index (χ0) is 41.8. The van der Waals surface area contributed by atoms with Crippen LogP contribution in [0, 0.1) is 0 Å². The molecule has 0 aliphatic heterocycles. The second-order valence-electron chi connectivity index (χ2n) is 15.0. The minimum Gasteiger partial charge on any atom is -0.493 e. The maximum absolute atomic E-state index is 11.7. The Kier molecular flexibility index (Phi) is 13.5. The largest absolute Gasteiger partial charge is 0.493 e. The fraction of sp³-hybridized carbons (Fsp3) is 0.409. The summed E-state index contributed by atoms with van der Waals surface area (Å²) < 4.78 is 25.0. The molecular weight excluding hydrogens is 787 g/mol. The van der Waals surface area contributed by atoms with E-state index >= 15 is 0 Å². The number of carboxylic acids is 2. The van der Waals surface area contributed by atoms with Crippen molar-refractivity contribution < 1.29 is 49.0 Å². The van der Waals surface area contributed by atoms with Crippen molar-refractivity contribution in [1.82, 2.24) is 10.6 Å². The van der Waals surface area contributed by atoms with Gasteiger partial charge in [0.25, 0.3) is 0 Å². The SMILES string of the molecule is CCOc1cc(O[C@H]2CCc3c(-c4cccc5c4CC[C@@H]5Oc4cc(OCC)c(CN[C@@](C)(CO)C(=O)O)cc4Cl)cccc32)c(Cl)cc1CN[C@@](C)(CO)C(=O)O. The maximum Gasteiger partial charge on any atom is 0.326 e. The molecule has 0 fully saturated rings. The lowest BCUT2D eigenvalue weighted by atomic mass is 9.91. The molecule has 12 nitrogen and oxygen atoms in total. The molecule has 4 atom stereocenters. The zero-order valence-electron chi connectivity index (χ0n) is 33.0. The number of nitrogens with one attached hydrogen (secondary N) is 2. The highest BCUT2D eigenvalue weighted by Crippen LogP contribution is 2.47. The van der Waals surface area contributed by atoms with E-state index in [1.54, 1.807) is 24.3 Å². The molecule has 2 aliphatic carbocycles. The summed E-state index contributed by atoms with van der Waals surface area (Å²) in [4.78, 5) is 23.5. The molecule has 0 saturated heterocycles. The maximum atomic E-state index is 11.7. The highest BCUT2D eigenvalue weighted by molar-refractivity contribution is 6.32. The predicted molar refractivity (Wildman–Crippen MR) is 220 cm³/mol. The predicted octanol–water partition coefficient (Wildman–Crippen LogP) is 7.44. The Labute approximate surface area is 348 Å². The van der Waals surface area contributed by atoms with Gasteiger partial charge in [-0.1, -0.05) is 59.6 Å². The van der Waals surface area contributed by atoms with Crippen molar-refractivity contribution >= 4 is 35.1 Å². The van der Waals surface area contributed by atoms with Gasteiger partial charge in [0.1, 0.15) is 46.3 Å². The van der Waals surface area contributed by atoms with E-state index in [1.165, 1.54) is 25.0 Å². The number of hydrogen-bond acceptors (Lipinski definition) is 10. The Balaban J connectivity index is 1.22. The fourth-order valence-corrected chi connectivity index (χ4v) is 7.92. The number of benzene rings is 4. The van der Waals surface area contributed by atoms with Crippen LogP contribution in [-0.4, -0.2) is 69.9 Å². The Bertz CT molecular complexity index is 2010. The lowest BCUT2D eigenvalue weighted by Crippen LogP contribution is -2.52. The van der Waals surface area contributed by atoms with E-state index in [0.29, 0.717) is 57.4 Å². The van der Waals surface area contributed by atoms with Gasteiger partial charge in [-0.05, 0) is 98.9 Å². The Morgan fingerprint density at radius 3 is 1.41 bits per heavy atom. The second-order valence-corrected chi connectivity index (χ2v) is 15.8. The number of aliphatic hydroxyl groups excluding tert-OH is 2. The zero-order valence-corrected chi connectivity index (χ0v) is 34.5. The van der Waals surface area contributed by atoms with E-state index in [9.17, 15) is 30.0 Å². The lowest BCUT2D eigenvalue weighted by molar-refractivity contribution is -0.146. The number of aliphatic hydroxyl groups is 2. The Hall–Kier alpha value is -4.56. The van der Waals surface area contributed by atoms with E-state index in [1.807, 2.05) is 26.0 Å². The van der Waals surface area contributed by atoms with Crippen molar-refractivity contribution in [1.29, 1.82) is 0 Å². The van der Waals surface area contributed by atoms with Gasteiger partial charge in [-0.15, -0.1) is 0 Å². The lowest BCUT2D eigenvalue weighted by Gasteiger charge is -2.25. The molecule has 14 heteroatoms. The van der Waals surface area contributed by atoms with Crippen LogP contribution in [0.5, 0.6) is 23.0 Å². The van der Waals surface area contributed by atoms with Gasteiger partial charge in [0.15, 0.2) is 0 Å². The summed E-state index contributed by atoms with van der Waals surface area (Å²) in [5, 5.41) is 45.1. The van der Waals surface area contributed by atoms with Crippen LogP contribution >= 0.6 is 23.2 Å². The van der Waals surface area contributed by atoms with E-state index < -0.39 is 36.2 Å². The minimum atomic E-state index is -1.53. The molecule has 0 spiro atoms. The van der Waals surface area contributed by atoms with E-state index in [0.717, 1.165) is 47.9 Å². The summed E-state index contributed by atoms with van der Waals surface area (Å²) in [7, 11) is 0. The summed E-state index contributed by atoms with van der Waals surface area (Å²) in [6.45, 7) is 6.33. The Morgan fingerprint density at radius 2 is 1.07 bits per heavy atom. The molecule has 0 unspecified atom stereocenters. The van der Waals surface area contributed by atoms with Crippen LogP contribution in [-0.2, 0) is 35.5 Å². The van der Waals surface area contributed by atoms with Gasteiger partial charge in [-0.25, -0.2) is 0 Å². The molecule has 310 valence electrons. The molecule has 0 heterocycles. The van der Waals surface area contributed by atoms with E-state index in [-0.39, 0.29) is 25.3 Å². The molecule has 2 aliphatic rings. The quantitative estimate of drug-likeness (QED) is 0.0552. The number of carbonyl (C=O) groups is 2. The van der Waals surface area contributed by atoms with Crippen LogP contribution in [0.25, 0.3) is 11.1 Å². The fourth-order valence-electron chi connectivity index (χ4n) is 7.46. The number of halogens is 2. The van der Waals surface area contributed by atoms with Crippen molar-refractivity contribution in [2.45, 2.75) is 89.8 Å². The third-order valence-electron chi connectivity index (χ3n) is 11.0. The van der Waals surface area contributed by atoms with Crippen LogP contribution in [0.1, 0.15) is 86.1 Å². The monoisotopic (exact) mass is 836 g/mol. The first-order valence-electron chi connectivity index (χ1n) is 19.4. The third-order valence-corrected chi connectivity index (χ3v) is 11.6. The number of carboxylic acid groups (broad SMARTS) is 2. The van der Waals surface area contributed by atoms with Crippen LogP contribution < -0.4 is 29.6 Å². The van der Waals surface area contributed by atoms with Crippen LogP contribution in [0.2, 0.25) is 10.0 Å². The number of rotatable bonds is 19. The standard InChI is InChI=1S/C44H50Cl2N2O10/c1-5-55-37-19-39(33(45)17-25(37)21-47-43(3,23-49)41(51)52)57-35-15-13-29-27(9-7-11-31(29)35)28-10-8-12-32-30(28)14-16-36(32)58-40-20-38(56-6-2)26(18-34(40)46)22-48-44(4,24-50)42(53)54/h7-12,17-20,35-36,47-50H,5-6,13-16,21-24H2,1-4H3,(H,51,52)(H,53,54)/t35-,36-,43-,44-/m0/s1. The van der Waals surface area contributed by atoms with Crippen molar-refractivity contribution in [3.63, 3.8) is 0 Å². The topological polar surface area (TPSA) is 176 Å². The molecular formula is C44H50Cl2N2O10. The highest BCUT2D eigenvalue weighted by atomic mass is 35.5. The molecule has 0 aromatic heterocycles. The normalized spacial score (nSPS) is 17.8. The van der Waals surface area contributed by atoms with Crippen LogP contribution in [0.4, 0.5) is 0 Å². The average Bonchev–Trinajstić information content (AvgIpc) is 3.82. The smallest absolute Gasteiger partial charge is 0.326 e. The molecule has 0 radical (unpaired) electrons. The van der Waals surface area contributed by atoms with Gasteiger partial charge in [0.05, 0.1) is 36.5 Å². The molecule has 0 amide bonds. The molecule has 4 aromatic carbocycles. The molecule has 6 N–H and O–H groups in total. The van der Waals surface area contributed by atoms with Gasteiger partial charge in [-0.3, -0.25) is 20.2 Å². The van der Waals surface area contributed by atoms with Gasteiger partial charge < -0.3 is 39.4 Å². The van der Waals surface area contributed by atoms with Crippen LogP contribution in [0.3, 0.4) is 0 Å². The summed E-state index contributed by atoms with van der Waals surface area (Å²) in [5.41, 5.74) is 5.05. The van der Waals surface area contributed by atoms with Crippen molar-refractivity contribution in [3.05, 3.63) is 104 Å². The first kappa shape index (κ1) is 43.0. The first-order chi connectivity index (χ1) is 27.7. The summed E-state index contributed by atoms with van der Waals surface area (Å²) >= 11 is 13.5. The molecule has 6 rings (SSSR count). The molecule has 0 bridgehead atoms. The summed E-state index contributed by atoms with van der Waals surface area (Å²) in [6.07, 6.45) is 2.56. The van der Waals surface area contributed by atoms with Crippen LogP contribution in [0.15, 0.2) is 60.7 Å². The third kappa shape index (κ3) is 8.87. The van der Waals surface area contributed by atoms with Crippen molar-refractivity contribution in [2.75, 3.05) is 26.4 Å². The number of hydrogen-bond donors (Lipinski definition) is 6. The van der Waals surface area contributed by atoms with Gasteiger partial charge in [-0.2, -0.15) is 0 Å². The average molecular weight is 838 g/mol. The van der Waals surface area contributed by atoms with Gasteiger partial charge in [0, 0.05) is 36.3 Å². The highest BCUT2D eigenvalue weighted by Gasteiger charge is 2.35. The van der Waals surface area contributed by atoms with Crippen molar-refractivity contribution in [2.24, 2.45) is 0 Å². The Morgan fingerprint density at radius 1 is 0.672 bits per heavy atom. The number of ether oxygens (including phenoxy) is 4. The molecule has 4 aromatic rings. The van der Waals surface area contributed by atoms with Crippen molar-refractivity contribution in [3.8, 4) is 34.1 Å². The van der Waals surface area contributed by atoms with Gasteiger partial charge in [0.2, 0.25) is 0 Å². The number of aliphatic carboxylic acids is 2. The number of fused-ring (bicyclic) bond motifs is 2. The van der Waals surface area contributed by atoms with E-state index in [2.05, 4.69) is 34.9 Å². The molecule has 0 saturated carbocycles. The summed E-state index contributed by atoms with van der Waals surface area (Å²) in [6, 6.07) is 19.5. The second kappa shape index (κ2) is 18.1. The first-order valence-corrected chi connectivity index (χ1v) is 20.2. The molecule has 58 heavy (non-hydrogen) atoms.